The minimum absolute atomic E-state index is 0.0873. The molecule has 0 saturated heterocycles. The zero-order valence-corrected chi connectivity index (χ0v) is 14.1. The Morgan fingerprint density at radius 1 is 1.08 bits per heavy atom. The first kappa shape index (κ1) is 16.3. The van der Waals surface area contributed by atoms with Crippen molar-refractivity contribution in [1.82, 2.24) is 4.98 Å². The molecule has 0 atom stereocenters. The summed E-state index contributed by atoms with van der Waals surface area (Å²) in [6, 6.07) is 16.9. The van der Waals surface area contributed by atoms with E-state index in [1.54, 1.807) is 12.1 Å². The molecule has 1 amide bonds. The Bertz CT molecular complexity index is 1070. The van der Waals surface area contributed by atoms with Crippen molar-refractivity contribution in [2.45, 2.75) is 0 Å². The molecule has 4 nitrogen and oxygen atoms in total. The fourth-order valence-corrected chi connectivity index (χ4v) is 2.75. The van der Waals surface area contributed by atoms with Crippen molar-refractivity contribution >= 4 is 34.2 Å². The monoisotopic (exact) mass is 366 g/mol. The highest BCUT2D eigenvalue weighted by Crippen LogP contribution is 2.27. The number of carbonyl (C=O) groups excluding carboxylic acids is 1. The molecule has 0 bridgehead atoms. The van der Waals surface area contributed by atoms with Gasteiger partial charge in [0.15, 0.2) is 5.76 Å². The van der Waals surface area contributed by atoms with E-state index >= 15 is 0 Å². The standard InChI is InChI=1S/C20H12ClFN2O2/c21-13-5-7-15(16(22)10-13)20(25)24-14-6-8-17(23-11-14)19-9-12-3-1-2-4-18(12)26-19/h1-11H,(H,24,25). The number of rotatable bonds is 3. The van der Waals surface area contributed by atoms with Gasteiger partial charge in [-0.3, -0.25) is 9.78 Å². The van der Waals surface area contributed by atoms with E-state index < -0.39 is 11.7 Å². The number of halogens is 2. The van der Waals surface area contributed by atoms with Gasteiger partial charge in [-0.25, -0.2) is 4.39 Å². The Morgan fingerprint density at radius 3 is 2.65 bits per heavy atom. The first-order chi connectivity index (χ1) is 12.6. The molecule has 0 spiro atoms. The summed E-state index contributed by atoms with van der Waals surface area (Å²) in [4.78, 5) is 16.5. The summed E-state index contributed by atoms with van der Waals surface area (Å²) >= 11 is 5.70. The molecule has 128 valence electrons. The van der Waals surface area contributed by atoms with Crippen molar-refractivity contribution in [1.29, 1.82) is 0 Å². The van der Waals surface area contributed by atoms with Gasteiger partial charge in [0.05, 0.1) is 17.4 Å². The number of furan rings is 1. The number of anilines is 1. The maximum Gasteiger partial charge on any atom is 0.258 e. The number of aromatic nitrogens is 1. The smallest absolute Gasteiger partial charge is 0.258 e. The lowest BCUT2D eigenvalue weighted by atomic mass is 10.2. The summed E-state index contributed by atoms with van der Waals surface area (Å²) < 4.78 is 19.6. The number of amides is 1. The van der Waals surface area contributed by atoms with E-state index in [1.807, 2.05) is 30.3 Å². The predicted octanol–water partition coefficient (Wildman–Crippen LogP) is 5.54. The third-order valence-electron chi connectivity index (χ3n) is 3.88. The topological polar surface area (TPSA) is 55.1 Å². The average molecular weight is 367 g/mol. The molecule has 0 fully saturated rings. The fraction of sp³-hybridized carbons (Fsp3) is 0. The largest absolute Gasteiger partial charge is 0.454 e. The van der Waals surface area contributed by atoms with Gasteiger partial charge in [-0.2, -0.15) is 0 Å². The highest BCUT2D eigenvalue weighted by Gasteiger charge is 2.13. The normalized spacial score (nSPS) is 10.8. The molecule has 26 heavy (non-hydrogen) atoms. The first-order valence-electron chi connectivity index (χ1n) is 7.81. The van der Waals surface area contributed by atoms with Gasteiger partial charge in [-0.15, -0.1) is 0 Å². The van der Waals surface area contributed by atoms with Crippen LogP contribution in [0.1, 0.15) is 10.4 Å². The van der Waals surface area contributed by atoms with E-state index in [2.05, 4.69) is 10.3 Å². The van der Waals surface area contributed by atoms with Crippen LogP contribution in [0, 0.1) is 5.82 Å². The molecule has 0 radical (unpaired) electrons. The lowest BCUT2D eigenvalue weighted by Gasteiger charge is -2.06. The molecule has 0 unspecified atom stereocenters. The van der Waals surface area contributed by atoms with Crippen molar-refractivity contribution in [2.24, 2.45) is 0 Å². The summed E-state index contributed by atoms with van der Waals surface area (Å²) in [7, 11) is 0. The molecule has 2 aromatic carbocycles. The molecule has 6 heteroatoms. The predicted molar refractivity (Wildman–Crippen MR) is 98.8 cm³/mol. The lowest BCUT2D eigenvalue weighted by molar-refractivity contribution is 0.102. The van der Waals surface area contributed by atoms with Gasteiger partial charge in [-0.1, -0.05) is 29.8 Å². The van der Waals surface area contributed by atoms with Crippen molar-refractivity contribution in [3.05, 3.63) is 83.3 Å². The zero-order chi connectivity index (χ0) is 18.1. The van der Waals surface area contributed by atoms with E-state index in [9.17, 15) is 9.18 Å². The Balaban J connectivity index is 1.55. The van der Waals surface area contributed by atoms with Crippen LogP contribution < -0.4 is 5.32 Å². The van der Waals surface area contributed by atoms with Crippen molar-refractivity contribution in [2.75, 3.05) is 5.32 Å². The summed E-state index contributed by atoms with van der Waals surface area (Å²) in [5.74, 6) is -0.618. The van der Waals surface area contributed by atoms with Crippen LogP contribution in [0.15, 0.2) is 71.3 Å². The molecule has 0 aliphatic carbocycles. The molecular formula is C20H12ClFN2O2. The number of fused-ring (bicyclic) bond motifs is 1. The highest BCUT2D eigenvalue weighted by atomic mass is 35.5. The summed E-state index contributed by atoms with van der Waals surface area (Å²) in [5, 5.41) is 3.83. The molecular weight excluding hydrogens is 355 g/mol. The van der Waals surface area contributed by atoms with E-state index in [4.69, 9.17) is 16.0 Å². The zero-order valence-electron chi connectivity index (χ0n) is 13.4. The van der Waals surface area contributed by atoms with Gasteiger partial charge in [0, 0.05) is 10.4 Å². The summed E-state index contributed by atoms with van der Waals surface area (Å²) in [6.45, 7) is 0. The first-order valence-corrected chi connectivity index (χ1v) is 8.19. The summed E-state index contributed by atoms with van der Waals surface area (Å²) in [6.07, 6.45) is 1.49. The third kappa shape index (κ3) is 3.17. The number of hydrogen-bond acceptors (Lipinski definition) is 3. The molecule has 4 aromatic rings. The number of benzene rings is 2. The quantitative estimate of drug-likeness (QED) is 0.518. The minimum atomic E-state index is -0.679. The number of carbonyl (C=O) groups is 1. The van der Waals surface area contributed by atoms with Gasteiger partial charge in [0.25, 0.3) is 5.91 Å². The van der Waals surface area contributed by atoms with Crippen LogP contribution in [0.2, 0.25) is 5.02 Å². The lowest BCUT2D eigenvalue weighted by Crippen LogP contribution is -2.13. The molecule has 1 N–H and O–H groups in total. The van der Waals surface area contributed by atoms with Crippen LogP contribution in [0.3, 0.4) is 0 Å². The van der Waals surface area contributed by atoms with Crippen LogP contribution in [-0.4, -0.2) is 10.9 Å². The van der Waals surface area contributed by atoms with Gasteiger partial charge >= 0.3 is 0 Å². The van der Waals surface area contributed by atoms with Crippen LogP contribution in [-0.2, 0) is 0 Å². The highest BCUT2D eigenvalue weighted by molar-refractivity contribution is 6.30. The maximum atomic E-state index is 13.8. The second kappa shape index (κ2) is 6.61. The minimum Gasteiger partial charge on any atom is -0.454 e. The van der Waals surface area contributed by atoms with Crippen molar-refractivity contribution in [3.63, 3.8) is 0 Å². The van der Waals surface area contributed by atoms with E-state index in [0.717, 1.165) is 17.0 Å². The van der Waals surface area contributed by atoms with E-state index in [-0.39, 0.29) is 10.6 Å². The Morgan fingerprint density at radius 2 is 1.92 bits per heavy atom. The van der Waals surface area contributed by atoms with Gasteiger partial charge in [0.1, 0.15) is 17.1 Å². The maximum absolute atomic E-state index is 13.8. The number of pyridine rings is 1. The van der Waals surface area contributed by atoms with Gasteiger partial charge in [0.2, 0.25) is 0 Å². The molecule has 0 aliphatic heterocycles. The van der Waals surface area contributed by atoms with Crippen molar-refractivity contribution in [3.8, 4) is 11.5 Å². The fourth-order valence-electron chi connectivity index (χ4n) is 2.59. The molecule has 2 heterocycles. The molecule has 4 rings (SSSR count). The van der Waals surface area contributed by atoms with E-state index in [0.29, 0.717) is 17.1 Å². The Hall–Kier alpha value is -3.18. The number of nitrogens with zero attached hydrogens (tertiary/aromatic N) is 1. The Kier molecular flexibility index (Phi) is 4.14. The van der Waals surface area contributed by atoms with Crippen LogP contribution >= 0.6 is 11.6 Å². The van der Waals surface area contributed by atoms with Crippen molar-refractivity contribution < 1.29 is 13.6 Å². The second-order valence-electron chi connectivity index (χ2n) is 5.66. The molecule has 0 saturated carbocycles. The molecule has 0 aliphatic rings. The van der Waals surface area contributed by atoms with Crippen LogP contribution in [0.25, 0.3) is 22.4 Å². The van der Waals surface area contributed by atoms with Gasteiger partial charge < -0.3 is 9.73 Å². The number of nitrogens with one attached hydrogen (secondary N) is 1. The number of para-hydroxylation sites is 1. The average Bonchev–Trinajstić information content (AvgIpc) is 3.06. The van der Waals surface area contributed by atoms with Crippen LogP contribution in [0.5, 0.6) is 0 Å². The van der Waals surface area contributed by atoms with Crippen LogP contribution in [0.4, 0.5) is 10.1 Å². The third-order valence-corrected chi connectivity index (χ3v) is 4.11. The SMILES string of the molecule is O=C(Nc1ccc(-c2cc3ccccc3o2)nc1)c1ccc(Cl)cc1F. The molecule has 2 aromatic heterocycles. The van der Waals surface area contributed by atoms with E-state index in [1.165, 1.54) is 18.3 Å². The number of hydrogen-bond donors (Lipinski definition) is 1. The second-order valence-corrected chi connectivity index (χ2v) is 6.10. The Labute approximate surface area is 153 Å². The summed E-state index contributed by atoms with van der Waals surface area (Å²) in [5.41, 5.74) is 1.77. The van der Waals surface area contributed by atoms with Gasteiger partial charge in [-0.05, 0) is 42.5 Å².